The van der Waals surface area contributed by atoms with Crippen LogP contribution < -0.4 is 0 Å². The average Bonchev–Trinajstić information content (AvgIpc) is 2.02. The molecule has 64 valence electrons. The number of nitriles is 1. The van der Waals surface area contributed by atoms with Crippen LogP contribution in [0.25, 0.3) is 0 Å². The predicted molar refractivity (Wildman–Crippen MR) is 42.0 cm³/mol. The third-order valence-electron chi connectivity index (χ3n) is 1.48. The van der Waals surface area contributed by atoms with Crippen molar-refractivity contribution in [2.45, 2.75) is 32.3 Å². The Kier molecular flexibility index (Phi) is 4.84. The molecule has 0 aromatic heterocycles. The molecule has 1 N–H and O–H groups in total. The molecule has 0 bridgehead atoms. The minimum atomic E-state index is -0.711. The lowest BCUT2D eigenvalue weighted by Gasteiger charge is -2.20. The van der Waals surface area contributed by atoms with E-state index < -0.39 is 5.60 Å². The summed E-state index contributed by atoms with van der Waals surface area (Å²) in [6.07, 6.45) is 1.62. The molecular formula is C8H15NO2. The number of hydrogen-bond acceptors (Lipinski definition) is 3. The SMILES string of the molecule is CCCC(C)(C#N)OCCO. The topological polar surface area (TPSA) is 53.2 Å². The van der Waals surface area contributed by atoms with Gasteiger partial charge >= 0.3 is 0 Å². The van der Waals surface area contributed by atoms with Crippen LogP contribution in [0.3, 0.4) is 0 Å². The van der Waals surface area contributed by atoms with Crippen LogP contribution in [-0.2, 0) is 4.74 Å². The first-order chi connectivity index (χ1) is 5.18. The second-order valence-electron chi connectivity index (χ2n) is 2.66. The van der Waals surface area contributed by atoms with E-state index >= 15 is 0 Å². The van der Waals surface area contributed by atoms with Crippen molar-refractivity contribution in [3.8, 4) is 6.07 Å². The Balaban J connectivity index is 3.81. The first-order valence-electron chi connectivity index (χ1n) is 3.84. The van der Waals surface area contributed by atoms with Crippen LogP contribution in [0, 0.1) is 11.3 Å². The van der Waals surface area contributed by atoms with Crippen molar-refractivity contribution in [2.24, 2.45) is 0 Å². The van der Waals surface area contributed by atoms with E-state index in [0.717, 1.165) is 6.42 Å². The van der Waals surface area contributed by atoms with Gasteiger partial charge in [-0.05, 0) is 13.3 Å². The molecule has 0 fully saturated rings. The van der Waals surface area contributed by atoms with Gasteiger partial charge in [-0.2, -0.15) is 5.26 Å². The van der Waals surface area contributed by atoms with Gasteiger partial charge in [0, 0.05) is 0 Å². The molecule has 1 unspecified atom stereocenters. The lowest BCUT2D eigenvalue weighted by Crippen LogP contribution is -2.27. The molecule has 0 aliphatic rings. The molecule has 0 amide bonds. The van der Waals surface area contributed by atoms with E-state index in [1.165, 1.54) is 0 Å². The standard InChI is InChI=1S/C8H15NO2/c1-3-4-8(2,7-9)11-6-5-10/h10H,3-6H2,1-2H3. The summed E-state index contributed by atoms with van der Waals surface area (Å²) in [5.74, 6) is 0. The van der Waals surface area contributed by atoms with Crippen LogP contribution in [0.1, 0.15) is 26.7 Å². The van der Waals surface area contributed by atoms with Gasteiger partial charge in [-0.25, -0.2) is 0 Å². The first kappa shape index (κ1) is 10.4. The summed E-state index contributed by atoms with van der Waals surface area (Å²) in [6.45, 7) is 3.95. The highest BCUT2D eigenvalue weighted by Gasteiger charge is 2.22. The third kappa shape index (κ3) is 3.97. The van der Waals surface area contributed by atoms with Crippen molar-refractivity contribution in [1.82, 2.24) is 0 Å². The zero-order chi connectivity index (χ0) is 8.74. The number of aliphatic hydroxyl groups excluding tert-OH is 1. The van der Waals surface area contributed by atoms with E-state index in [9.17, 15) is 0 Å². The van der Waals surface area contributed by atoms with E-state index in [0.29, 0.717) is 6.42 Å². The minimum Gasteiger partial charge on any atom is -0.394 e. The predicted octanol–water partition coefficient (Wildman–Crippen LogP) is 1.08. The van der Waals surface area contributed by atoms with Crippen LogP contribution in [0.5, 0.6) is 0 Å². The Bertz CT molecular complexity index is 142. The Morgan fingerprint density at radius 3 is 2.64 bits per heavy atom. The first-order valence-corrected chi connectivity index (χ1v) is 3.84. The van der Waals surface area contributed by atoms with Gasteiger partial charge in [0.05, 0.1) is 19.3 Å². The molecule has 0 saturated carbocycles. The fourth-order valence-electron chi connectivity index (χ4n) is 0.908. The molecule has 3 nitrogen and oxygen atoms in total. The quantitative estimate of drug-likeness (QED) is 0.649. The molecule has 1 atom stereocenters. The van der Waals surface area contributed by atoms with Gasteiger partial charge in [0.25, 0.3) is 0 Å². The molecule has 0 heterocycles. The van der Waals surface area contributed by atoms with Gasteiger partial charge in [-0.3, -0.25) is 0 Å². The van der Waals surface area contributed by atoms with E-state index in [1.54, 1.807) is 6.92 Å². The molecule has 11 heavy (non-hydrogen) atoms. The monoisotopic (exact) mass is 157 g/mol. The van der Waals surface area contributed by atoms with E-state index in [4.69, 9.17) is 15.1 Å². The van der Waals surface area contributed by atoms with E-state index in [1.807, 2.05) is 6.92 Å². The summed E-state index contributed by atoms with van der Waals surface area (Å²) in [6, 6.07) is 2.08. The zero-order valence-electron chi connectivity index (χ0n) is 7.13. The second-order valence-corrected chi connectivity index (χ2v) is 2.66. The second kappa shape index (κ2) is 5.11. The largest absolute Gasteiger partial charge is 0.394 e. The molecular weight excluding hydrogens is 142 g/mol. The molecule has 0 rings (SSSR count). The highest BCUT2D eigenvalue weighted by Crippen LogP contribution is 2.15. The molecule has 3 heteroatoms. The molecule has 0 spiro atoms. The van der Waals surface area contributed by atoms with Crippen molar-refractivity contribution in [2.75, 3.05) is 13.2 Å². The third-order valence-corrected chi connectivity index (χ3v) is 1.48. The number of hydrogen-bond donors (Lipinski definition) is 1. The van der Waals surface area contributed by atoms with Crippen molar-refractivity contribution in [1.29, 1.82) is 5.26 Å². The Morgan fingerprint density at radius 2 is 2.27 bits per heavy atom. The summed E-state index contributed by atoms with van der Waals surface area (Å²) in [7, 11) is 0. The van der Waals surface area contributed by atoms with Crippen molar-refractivity contribution >= 4 is 0 Å². The van der Waals surface area contributed by atoms with Gasteiger partial charge < -0.3 is 9.84 Å². The normalized spacial score (nSPS) is 15.5. The summed E-state index contributed by atoms with van der Waals surface area (Å²) in [4.78, 5) is 0. The van der Waals surface area contributed by atoms with Crippen LogP contribution in [0.4, 0.5) is 0 Å². The molecule has 0 aromatic rings. The number of aliphatic hydroxyl groups is 1. The van der Waals surface area contributed by atoms with Crippen molar-refractivity contribution in [3.63, 3.8) is 0 Å². The van der Waals surface area contributed by atoms with E-state index in [2.05, 4.69) is 6.07 Å². The maximum absolute atomic E-state index is 8.69. The number of nitrogens with zero attached hydrogens (tertiary/aromatic N) is 1. The molecule has 0 aliphatic carbocycles. The van der Waals surface area contributed by atoms with Crippen LogP contribution in [0.2, 0.25) is 0 Å². The lowest BCUT2D eigenvalue weighted by atomic mass is 10.0. The maximum Gasteiger partial charge on any atom is 0.151 e. The summed E-state index contributed by atoms with van der Waals surface area (Å²) in [5.41, 5.74) is -0.711. The fourth-order valence-corrected chi connectivity index (χ4v) is 0.908. The van der Waals surface area contributed by atoms with E-state index in [-0.39, 0.29) is 13.2 Å². The highest BCUT2D eigenvalue weighted by atomic mass is 16.5. The molecule has 0 saturated heterocycles. The highest BCUT2D eigenvalue weighted by molar-refractivity contribution is 4.97. The van der Waals surface area contributed by atoms with Crippen LogP contribution in [0.15, 0.2) is 0 Å². The Labute approximate surface area is 67.6 Å². The lowest BCUT2D eigenvalue weighted by molar-refractivity contribution is -0.0128. The maximum atomic E-state index is 8.69. The fraction of sp³-hybridized carbons (Fsp3) is 0.875. The number of ether oxygens (including phenoxy) is 1. The van der Waals surface area contributed by atoms with Crippen LogP contribution in [-0.4, -0.2) is 23.9 Å². The van der Waals surface area contributed by atoms with Crippen molar-refractivity contribution < 1.29 is 9.84 Å². The van der Waals surface area contributed by atoms with Crippen LogP contribution >= 0.6 is 0 Å². The summed E-state index contributed by atoms with van der Waals surface area (Å²) < 4.78 is 5.16. The minimum absolute atomic E-state index is 0.0268. The molecule has 0 aliphatic heterocycles. The van der Waals surface area contributed by atoms with Gasteiger partial charge in [-0.1, -0.05) is 13.3 Å². The molecule has 0 radical (unpaired) electrons. The molecule has 0 aromatic carbocycles. The number of rotatable bonds is 5. The Hall–Kier alpha value is -0.590. The van der Waals surface area contributed by atoms with Gasteiger partial charge in [0.15, 0.2) is 5.60 Å². The van der Waals surface area contributed by atoms with Gasteiger partial charge in [0.1, 0.15) is 0 Å². The van der Waals surface area contributed by atoms with Crippen molar-refractivity contribution in [3.05, 3.63) is 0 Å². The van der Waals surface area contributed by atoms with Gasteiger partial charge in [0.2, 0.25) is 0 Å². The summed E-state index contributed by atoms with van der Waals surface area (Å²) in [5, 5.41) is 17.1. The van der Waals surface area contributed by atoms with Gasteiger partial charge in [-0.15, -0.1) is 0 Å². The zero-order valence-corrected chi connectivity index (χ0v) is 7.13. The Morgan fingerprint density at radius 1 is 1.64 bits per heavy atom. The summed E-state index contributed by atoms with van der Waals surface area (Å²) >= 11 is 0. The smallest absolute Gasteiger partial charge is 0.151 e. The average molecular weight is 157 g/mol.